The minimum Gasteiger partial charge on any atom is -0.478 e. The van der Waals surface area contributed by atoms with Crippen LogP contribution in [0.5, 0.6) is 0 Å². The maximum atomic E-state index is 12.0. The third-order valence-electron chi connectivity index (χ3n) is 5.32. The first-order chi connectivity index (χ1) is 14.8. The molecule has 0 amide bonds. The molecule has 3 aromatic rings. The molecule has 0 atom stereocenters. The highest BCUT2D eigenvalue weighted by atomic mass is 16.4. The number of hydrogen-bond donors (Lipinski definition) is 2. The summed E-state index contributed by atoms with van der Waals surface area (Å²) >= 11 is 0. The van der Waals surface area contributed by atoms with Gasteiger partial charge in [0.25, 0.3) is 0 Å². The molecular formula is C27H28O4. The van der Waals surface area contributed by atoms with Gasteiger partial charge < -0.3 is 10.2 Å². The molecule has 0 bridgehead atoms. The number of aromatic carboxylic acids is 2. The average molecular weight is 417 g/mol. The molecule has 3 aromatic carbocycles. The molecule has 0 radical (unpaired) electrons. The Hall–Kier alpha value is -3.40. The SMILES string of the molecule is CCCc1cc(CC(C)C)c(-c2ccccc2C(=O)O)c(-c2ccccc2C(=O)O)c1. The third-order valence-corrected chi connectivity index (χ3v) is 5.32. The largest absolute Gasteiger partial charge is 0.478 e. The minimum absolute atomic E-state index is 0.209. The van der Waals surface area contributed by atoms with Crippen LogP contribution in [0.3, 0.4) is 0 Å². The number of carboxylic acid groups (broad SMARTS) is 2. The molecule has 0 unspecified atom stereocenters. The predicted molar refractivity (Wildman–Crippen MR) is 124 cm³/mol. The van der Waals surface area contributed by atoms with Gasteiger partial charge in [0.15, 0.2) is 0 Å². The summed E-state index contributed by atoms with van der Waals surface area (Å²) in [6.45, 7) is 6.37. The van der Waals surface area contributed by atoms with E-state index in [1.54, 1.807) is 30.3 Å². The first kappa shape index (κ1) is 22.3. The van der Waals surface area contributed by atoms with Crippen molar-refractivity contribution >= 4 is 11.9 Å². The van der Waals surface area contributed by atoms with Crippen molar-refractivity contribution in [2.45, 2.75) is 40.0 Å². The molecule has 0 saturated carbocycles. The van der Waals surface area contributed by atoms with Crippen molar-refractivity contribution in [3.8, 4) is 22.3 Å². The lowest BCUT2D eigenvalue weighted by Crippen LogP contribution is -2.07. The lowest BCUT2D eigenvalue weighted by Gasteiger charge is -2.21. The summed E-state index contributed by atoms with van der Waals surface area (Å²) < 4.78 is 0. The normalized spacial score (nSPS) is 11.0. The fraction of sp³-hybridized carbons (Fsp3) is 0.259. The lowest BCUT2D eigenvalue weighted by molar-refractivity contribution is 0.0686. The van der Waals surface area contributed by atoms with Gasteiger partial charge in [-0.15, -0.1) is 0 Å². The van der Waals surface area contributed by atoms with Gasteiger partial charge in [0.2, 0.25) is 0 Å². The van der Waals surface area contributed by atoms with Gasteiger partial charge in [-0.2, -0.15) is 0 Å². The van der Waals surface area contributed by atoms with Crippen LogP contribution in [-0.4, -0.2) is 22.2 Å². The molecule has 0 saturated heterocycles. The highest BCUT2D eigenvalue weighted by Crippen LogP contribution is 2.40. The number of benzene rings is 3. The molecule has 2 N–H and O–H groups in total. The molecule has 4 nitrogen and oxygen atoms in total. The van der Waals surface area contributed by atoms with Crippen molar-refractivity contribution < 1.29 is 19.8 Å². The van der Waals surface area contributed by atoms with Gasteiger partial charge in [-0.3, -0.25) is 0 Å². The monoisotopic (exact) mass is 416 g/mol. The van der Waals surface area contributed by atoms with Crippen LogP contribution in [0, 0.1) is 5.92 Å². The number of aryl methyl sites for hydroxylation is 1. The van der Waals surface area contributed by atoms with Gasteiger partial charge >= 0.3 is 11.9 Å². The summed E-state index contributed by atoms with van der Waals surface area (Å²) in [6, 6.07) is 18.1. The van der Waals surface area contributed by atoms with Crippen LogP contribution in [0.4, 0.5) is 0 Å². The quantitative estimate of drug-likeness (QED) is 0.436. The van der Waals surface area contributed by atoms with Gasteiger partial charge in [0.1, 0.15) is 0 Å². The molecule has 31 heavy (non-hydrogen) atoms. The number of carbonyl (C=O) groups is 2. The maximum absolute atomic E-state index is 12.0. The van der Waals surface area contributed by atoms with E-state index in [4.69, 9.17) is 0 Å². The van der Waals surface area contributed by atoms with E-state index in [1.807, 2.05) is 24.3 Å². The van der Waals surface area contributed by atoms with Gasteiger partial charge in [-0.05, 0) is 64.3 Å². The predicted octanol–water partition coefficient (Wildman–Crippen LogP) is 6.57. The molecule has 0 aromatic heterocycles. The van der Waals surface area contributed by atoms with Crippen LogP contribution in [0.25, 0.3) is 22.3 Å². The zero-order valence-electron chi connectivity index (χ0n) is 18.2. The van der Waals surface area contributed by atoms with Gasteiger partial charge in [-0.25, -0.2) is 9.59 Å². The Balaban J connectivity index is 2.45. The standard InChI is InChI=1S/C27H28O4/c1-4-9-18-15-19(14-17(2)3)25(21-11-6-8-13-23(21)27(30)31)24(16-18)20-10-5-7-12-22(20)26(28)29/h5-8,10-13,15-17H,4,9,14H2,1-3H3,(H,28,29)(H,30,31). The Bertz CT molecular complexity index is 1110. The van der Waals surface area contributed by atoms with E-state index in [1.165, 1.54) is 0 Å². The Labute approximate surface area is 183 Å². The highest BCUT2D eigenvalue weighted by molar-refractivity contribution is 6.03. The minimum atomic E-state index is -1.00. The molecular weight excluding hydrogens is 388 g/mol. The maximum Gasteiger partial charge on any atom is 0.336 e. The summed E-state index contributed by atoms with van der Waals surface area (Å²) in [5.74, 6) is -1.64. The lowest BCUT2D eigenvalue weighted by atomic mass is 9.82. The van der Waals surface area contributed by atoms with E-state index in [0.717, 1.165) is 41.5 Å². The van der Waals surface area contributed by atoms with Crippen molar-refractivity contribution in [1.29, 1.82) is 0 Å². The van der Waals surface area contributed by atoms with Crippen LogP contribution >= 0.6 is 0 Å². The molecule has 4 heteroatoms. The Morgan fingerprint density at radius 2 is 1.35 bits per heavy atom. The average Bonchev–Trinajstić information content (AvgIpc) is 2.73. The smallest absolute Gasteiger partial charge is 0.336 e. The Kier molecular flexibility index (Phi) is 6.91. The molecule has 0 heterocycles. The second-order valence-electron chi connectivity index (χ2n) is 8.23. The van der Waals surface area contributed by atoms with Crippen molar-refractivity contribution in [2.24, 2.45) is 5.92 Å². The topological polar surface area (TPSA) is 74.6 Å². The van der Waals surface area contributed by atoms with E-state index in [0.29, 0.717) is 17.0 Å². The van der Waals surface area contributed by atoms with E-state index >= 15 is 0 Å². The second kappa shape index (κ2) is 9.61. The number of rotatable bonds is 8. The van der Waals surface area contributed by atoms with Crippen molar-refractivity contribution in [1.82, 2.24) is 0 Å². The molecule has 0 aliphatic heterocycles. The zero-order chi connectivity index (χ0) is 22.5. The molecule has 0 spiro atoms. The Morgan fingerprint density at radius 3 is 1.90 bits per heavy atom. The van der Waals surface area contributed by atoms with E-state index in [2.05, 4.69) is 26.8 Å². The number of carboxylic acids is 2. The van der Waals surface area contributed by atoms with Crippen LogP contribution in [0.1, 0.15) is 59.0 Å². The molecule has 160 valence electrons. The summed E-state index contributed by atoms with van der Waals surface area (Å²) in [6.07, 6.45) is 2.60. The second-order valence-corrected chi connectivity index (χ2v) is 8.23. The summed E-state index contributed by atoms with van der Waals surface area (Å²) in [7, 11) is 0. The van der Waals surface area contributed by atoms with E-state index in [9.17, 15) is 19.8 Å². The van der Waals surface area contributed by atoms with Gasteiger partial charge in [0, 0.05) is 0 Å². The molecule has 3 rings (SSSR count). The van der Waals surface area contributed by atoms with Crippen LogP contribution < -0.4 is 0 Å². The van der Waals surface area contributed by atoms with Crippen LogP contribution in [0.2, 0.25) is 0 Å². The van der Waals surface area contributed by atoms with E-state index in [-0.39, 0.29) is 11.1 Å². The van der Waals surface area contributed by atoms with Gasteiger partial charge in [0.05, 0.1) is 11.1 Å². The van der Waals surface area contributed by atoms with Crippen molar-refractivity contribution in [3.63, 3.8) is 0 Å². The summed E-state index contributed by atoms with van der Waals surface area (Å²) in [5.41, 5.74) is 5.39. The first-order valence-corrected chi connectivity index (χ1v) is 10.6. The van der Waals surface area contributed by atoms with Crippen molar-refractivity contribution in [3.05, 3.63) is 82.9 Å². The zero-order valence-corrected chi connectivity index (χ0v) is 18.2. The first-order valence-electron chi connectivity index (χ1n) is 10.6. The van der Waals surface area contributed by atoms with Crippen LogP contribution in [0.15, 0.2) is 60.7 Å². The van der Waals surface area contributed by atoms with Crippen LogP contribution in [-0.2, 0) is 12.8 Å². The third kappa shape index (κ3) is 4.85. The molecule has 0 aliphatic rings. The molecule has 0 fully saturated rings. The van der Waals surface area contributed by atoms with Gasteiger partial charge in [-0.1, -0.05) is 75.7 Å². The highest BCUT2D eigenvalue weighted by Gasteiger charge is 2.22. The number of hydrogen-bond acceptors (Lipinski definition) is 2. The summed E-state index contributed by atoms with van der Waals surface area (Å²) in [4.78, 5) is 24.0. The fourth-order valence-electron chi connectivity index (χ4n) is 4.12. The Morgan fingerprint density at radius 1 is 0.806 bits per heavy atom. The van der Waals surface area contributed by atoms with Crippen molar-refractivity contribution in [2.75, 3.05) is 0 Å². The fourth-order valence-corrected chi connectivity index (χ4v) is 4.12. The molecule has 0 aliphatic carbocycles. The van der Waals surface area contributed by atoms with E-state index < -0.39 is 11.9 Å². The summed E-state index contributed by atoms with van der Waals surface area (Å²) in [5, 5.41) is 19.7.